The standard InChI is InChI=1S/C17H13Cl3FN3O2S/c1-10-22-4-5-24(10)9-11-6-15(20)16(21)8-17(11)23-27(25,26)12-2-3-13(18)14(19)7-12/h2-8,23H,9H2,1H3. The van der Waals surface area contributed by atoms with Gasteiger partial charge in [-0.05, 0) is 42.8 Å². The van der Waals surface area contributed by atoms with Crippen LogP contribution in [0, 0.1) is 12.7 Å². The molecule has 0 amide bonds. The van der Waals surface area contributed by atoms with Gasteiger partial charge in [-0.25, -0.2) is 17.8 Å². The molecule has 0 unspecified atom stereocenters. The van der Waals surface area contributed by atoms with Crippen molar-refractivity contribution >= 4 is 50.5 Å². The van der Waals surface area contributed by atoms with E-state index in [1.54, 1.807) is 23.9 Å². The first-order valence-corrected chi connectivity index (χ1v) is 10.2. The first-order valence-electron chi connectivity index (χ1n) is 7.61. The molecule has 3 aromatic rings. The normalized spacial score (nSPS) is 11.6. The van der Waals surface area contributed by atoms with Gasteiger partial charge in [-0.2, -0.15) is 0 Å². The van der Waals surface area contributed by atoms with E-state index < -0.39 is 15.8 Å². The third-order valence-electron chi connectivity index (χ3n) is 3.86. The van der Waals surface area contributed by atoms with E-state index in [-0.39, 0.29) is 32.2 Å². The number of nitrogens with one attached hydrogen (secondary N) is 1. The molecule has 1 aromatic heterocycles. The van der Waals surface area contributed by atoms with E-state index in [4.69, 9.17) is 34.8 Å². The monoisotopic (exact) mass is 447 g/mol. The summed E-state index contributed by atoms with van der Waals surface area (Å²) < 4.78 is 43.5. The zero-order valence-corrected chi connectivity index (χ0v) is 17.0. The predicted molar refractivity (Wildman–Crippen MR) is 105 cm³/mol. The van der Waals surface area contributed by atoms with Gasteiger partial charge < -0.3 is 4.57 Å². The van der Waals surface area contributed by atoms with Crippen molar-refractivity contribution in [3.05, 3.63) is 75.0 Å². The lowest BCUT2D eigenvalue weighted by Gasteiger charge is -2.15. The van der Waals surface area contributed by atoms with Crippen molar-refractivity contribution in [3.63, 3.8) is 0 Å². The first-order chi connectivity index (χ1) is 12.7. The number of aryl methyl sites for hydroxylation is 1. The largest absolute Gasteiger partial charge is 0.331 e. The van der Waals surface area contributed by atoms with Crippen molar-refractivity contribution in [2.24, 2.45) is 0 Å². The van der Waals surface area contributed by atoms with E-state index in [1.165, 1.54) is 24.3 Å². The van der Waals surface area contributed by atoms with Crippen LogP contribution in [0.15, 0.2) is 47.6 Å². The Morgan fingerprint density at radius 2 is 1.85 bits per heavy atom. The summed E-state index contributed by atoms with van der Waals surface area (Å²) in [6.45, 7) is 2.05. The van der Waals surface area contributed by atoms with Crippen LogP contribution >= 0.6 is 34.8 Å². The third-order valence-corrected chi connectivity index (χ3v) is 6.25. The molecule has 27 heavy (non-hydrogen) atoms. The number of sulfonamides is 1. The van der Waals surface area contributed by atoms with E-state index in [9.17, 15) is 12.8 Å². The van der Waals surface area contributed by atoms with Crippen LogP contribution in [0.1, 0.15) is 11.4 Å². The number of anilines is 1. The molecule has 0 saturated carbocycles. The van der Waals surface area contributed by atoms with Crippen molar-refractivity contribution in [2.75, 3.05) is 4.72 Å². The summed E-state index contributed by atoms with van der Waals surface area (Å²) in [7, 11) is -4.02. The van der Waals surface area contributed by atoms with Crippen LogP contribution < -0.4 is 4.72 Å². The number of rotatable bonds is 5. The summed E-state index contributed by atoms with van der Waals surface area (Å²) in [5.41, 5.74) is 0.544. The first kappa shape index (κ1) is 19.9. The summed E-state index contributed by atoms with van der Waals surface area (Å²) in [5.74, 6) is -0.0247. The molecule has 0 aliphatic rings. The van der Waals surface area contributed by atoms with Crippen molar-refractivity contribution < 1.29 is 12.8 Å². The molecule has 10 heteroatoms. The molecule has 2 aromatic carbocycles. The molecule has 0 atom stereocenters. The Morgan fingerprint density at radius 1 is 1.11 bits per heavy atom. The summed E-state index contributed by atoms with van der Waals surface area (Å²) in [6, 6.07) is 6.32. The Balaban J connectivity index is 2.01. The van der Waals surface area contributed by atoms with Crippen LogP contribution in [0.25, 0.3) is 0 Å². The fourth-order valence-electron chi connectivity index (χ4n) is 2.42. The van der Waals surface area contributed by atoms with Crippen molar-refractivity contribution in [1.82, 2.24) is 9.55 Å². The molecule has 142 valence electrons. The smallest absolute Gasteiger partial charge is 0.261 e. The minimum atomic E-state index is -4.02. The Kier molecular flexibility index (Phi) is 5.67. The number of benzene rings is 2. The zero-order chi connectivity index (χ0) is 19.8. The predicted octanol–water partition coefficient (Wildman–Crippen LogP) is 5.14. The fraction of sp³-hybridized carbons (Fsp3) is 0.118. The Morgan fingerprint density at radius 3 is 2.48 bits per heavy atom. The second kappa shape index (κ2) is 7.67. The van der Waals surface area contributed by atoms with E-state index in [0.717, 1.165) is 6.07 Å². The van der Waals surface area contributed by atoms with Crippen molar-refractivity contribution in [1.29, 1.82) is 0 Å². The molecule has 0 aliphatic heterocycles. The minimum Gasteiger partial charge on any atom is -0.331 e. The second-order valence-corrected chi connectivity index (χ2v) is 8.61. The third kappa shape index (κ3) is 4.38. The van der Waals surface area contributed by atoms with Crippen LogP contribution in [-0.4, -0.2) is 18.0 Å². The highest BCUT2D eigenvalue weighted by Crippen LogP contribution is 2.29. The SMILES string of the molecule is Cc1nccn1Cc1cc(Cl)c(F)cc1NS(=O)(=O)c1ccc(Cl)c(Cl)c1. The minimum absolute atomic E-state index is 0.0658. The van der Waals surface area contributed by atoms with Gasteiger partial charge in [0.25, 0.3) is 10.0 Å². The van der Waals surface area contributed by atoms with Gasteiger partial charge in [0.2, 0.25) is 0 Å². The van der Waals surface area contributed by atoms with Gasteiger partial charge in [-0.1, -0.05) is 34.8 Å². The van der Waals surface area contributed by atoms with Gasteiger partial charge in [-0.3, -0.25) is 4.72 Å². The Hall–Kier alpha value is -1.80. The zero-order valence-electron chi connectivity index (χ0n) is 13.9. The van der Waals surface area contributed by atoms with Gasteiger partial charge in [-0.15, -0.1) is 0 Å². The molecular weight excluding hydrogens is 436 g/mol. The summed E-state index contributed by atoms with van der Waals surface area (Å²) >= 11 is 17.6. The van der Waals surface area contributed by atoms with E-state index >= 15 is 0 Å². The summed E-state index contributed by atoms with van der Waals surface area (Å²) in [5, 5.41) is 0.209. The van der Waals surface area contributed by atoms with Crippen LogP contribution in [0.4, 0.5) is 10.1 Å². The average Bonchev–Trinajstić information content (AvgIpc) is 2.99. The maximum atomic E-state index is 14.0. The van der Waals surface area contributed by atoms with Crippen molar-refractivity contribution in [2.45, 2.75) is 18.4 Å². The van der Waals surface area contributed by atoms with Gasteiger partial charge in [0, 0.05) is 12.4 Å². The lowest BCUT2D eigenvalue weighted by Crippen LogP contribution is -2.15. The highest BCUT2D eigenvalue weighted by atomic mass is 35.5. The van der Waals surface area contributed by atoms with Gasteiger partial charge in [0.1, 0.15) is 11.6 Å². The Labute approximate surface area is 170 Å². The van der Waals surface area contributed by atoms with Gasteiger partial charge in [0.05, 0.1) is 32.2 Å². The molecule has 5 nitrogen and oxygen atoms in total. The number of imidazole rings is 1. The van der Waals surface area contributed by atoms with E-state index in [1.807, 2.05) is 0 Å². The highest BCUT2D eigenvalue weighted by molar-refractivity contribution is 7.92. The number of nitrogens with zero attached hydrogens (tertiary/aromatic N) is 2. The lowest BCUT2D eigenvalue weighted by molar-refractivity contribution is 0.601. The molecule has 1 N–H and O–H groups in total. The highest BCUT2D eigenvalue weighted by Gasteiger charge is 2.19. The number of hydrogen-bond donors (Lipinski definition) is 1. The molecule has 0 radical (unpaired) electrons. The quantitative estimate of drug-likeness (QED) is 0.588. The van der Waals surface area contributed by atoms with Gasteiger partial charge in [0.15, 0.2) is 0 Å². The Bertz CT molecular complexity index is 1120. The molecule has 1 heterocycles. The molecular formula is C17H13Cl3FN3O2S. The topological polar surface area (TPSA) is 64.0 Å². The number of aromatic nitrogens is 2. The lowest BCUT2D eigenvalue weighted by atomic mass is 10.1. The average molecular weight is 449 g/mol. The maximum absolute atomic E-state index is 14.0. The molecule has 0 fully saturated rings. The second-order valence-electron chi connectivity index (χ2n) is 5.71. The van der Waals surface area contributed by atoms with Crippen molar-refractivity contribution in [3.8, 4) is 0 Å². The van der Waals surface area contributed by atoms with Crippen LogP contribution in [0.3, 0.4) is 0 Å². The number of halogens is 4. The van der Waals surface area contributed by atoms with Crippen LogP contribution in [0.5, 0.6) is 0 Å². The molecule has 0 saturated heterocycles. The summed E-state index contributed by atoms with van der Waals surface area (Å²) in [4.78, 5) is 4.01. The van der Waals surface area contributed by atoms with E-state index in [2.05, 4.69) is 9.71 Å². The molecule has 0 aliphatic carbocycles. The number of hydrogen-bond acceptors (Lipinski definition) is 3. The van der Waals surface area contributed by atoms with Crippen LogP contribution in [0.2, 0.25) is 15.1 Å². The van der Waals surface area contributed by atoms with Crippen LogP contribution in [-0.2, 0) is 16.6 Å². The molecule has 0 spiro atoms. The maximum Gasteiger partial charge on any atom is 0.261 e. The molecule has 3 rings (SSSR count). The summed E-state index contributed by atoms with van der Waals surface area (Å²) in [6.07, 6.45) is 3.34. The fourth-order valence-corrected chi connectivity index (χ4v) is 4.08. The molecule has 0 bridgehead atoms. The van der Waals surface area contributed by atoms with Gasteiger partial charge >= 0.3 is 0 Å². The van der Waals surface area contributed by atoms with E-state index in [0.29, 0.717) is 11.4 Å².